The molecule has 0 aromatic heterocycles. The Bertz CT molecular complexity index is 419. The number of aliphatic carboxylic acids is 1. The van der Waals surface area contributed by atoms with Gasteiger partial charge in [0.05, 0.1) is 6.61 Å². The smallest absolute Gasteiger partial charge is 0.320 e. The molecule has 1 N–H and O–H groups in total. The maximum atomic E-state index is 11.1. The number of ether oxygens (including phenoxy) is 1. The Morgan fingerprint density at radius 1 is 1.50 bits per heavy atom. The summed E-state index contributed by atoms with van der Waals surface area (Å²) < 4.78 is 5.10. The van der Waals surface area contributed by atoms with Gasteiger partial charge in [0.2, 0.25) is 0 Å². The van der Waals surface area contributed by atoms with Crippen LogP contribution in [0.5, 0.6) is 0 Å². The molecule has 1 unspecified atom stereocenters. The number of rotatable bonds is 5. The van der Waals surface area contributed by atoms with Crippen molar-refractivity contribution in [2.45, 2.75) is 32.0 Å². The summed E-state index contributed by atoms with van der Waals surface area (Å²) in [6.07, 6.45) is 1.72. The van der Waals surface area contributed by atoms with Crippen molar-refractivity contribution in [3.8, 4) is 0 Å². The lowest BCUT2D eigenvalue weighted by molar-refractivity contribution is -0.142. The Morgan fingerprint density at radius 3 is 3.00 bits per heavy atom. The van der Waals surface area contributed by atoms with Gasteiger partial charge in [-0.25, -0.2) is 0 Å². The molecule has 2 rings (SSSR count). The summed E-state index contributed by atoms with van der Waals surface area (Å²) in [6.45, 7) is 2.16. The predicted molar refractivity (Wildman–Crippen MR) is 68.2 cm³/mol. The highest BCUT2D eigenvalue weighted by Crippen LogP contribution is 2.20. The number of hydrogen-bond acceptors (Lipinski definition) is 3. The molecule has 4 nitrogen and oxygen atoms in total. The normalized spacial score (nSPS) is 20.2. The molecule has 1 aliphatic rings. The van der Waals surface area contributed by atoms with E-state index < -0.39 is 5.97 Å². The van der Waals surface area contributed by atoms with Crippen LogP contribution in [0, 0.1) is 0 Å². The third kappa shape index (κ3) is 3.09. The van der Waals surface area contributed by atoms with E-state index in [9.17, 15) is 4.79 Å². The van der Waals surface area contributed by atoms with Crippen LogP contribution in [0.25, 0.3) is 0 Å². The summed E-state index contributed by atoms with van der Waals surface area (Å²) in [5.74, 6) is -0.708. The molecule has 1 aromatic carbocycles. The zero-order valence-corrected chi connectivity index (χ0v) is 10.6. The minimum Gasteiger partial charge on any atom is -0.480 e. The molecule has 0 radical (unpaired) electrons. The number of nitrogens with zero attached hydrogens (tertiary/aromatic N) is 1. The fourth-order valence-electron chi connectivity index (χ4n) is 2.51. The van der Waals surface area contributed by atoms with Crippen molar-refractivity contribution in [2.24, 2.45) is 0 Å². The average Bonchev–Trinajstić information content (AvgIpc) is 2.78. The van der Waals surface area contributed by atoms with E-state index in [-0.39, 0.29) is 6.04 Å². The molecule has 1 aliphatic heterocycles. The van der Waals surface area contributed by atoms with Crippen LogP contribution in [-0.2, 0) is 22.7 Å². The Labute approximate surface area is 107 Å². The molecule has 18 heavy (non-hydrogen) atoms. The van der Waals surface area contributed by atoms with Crippen molar-refractivity contribution >= 4 is 5.97 Å². The molecule has 0 bridgehead atoms. The van der Waals surface area contributed by atoms with Crippen molar-refractivity contribution in [2.75, 3.05) is 13.7 Å². The second-order valence-corrected chi connectivity index (χ2v) is 4.72. The zero-order valence-electron chi connectivity index (χ0n) is 10.6. The van der Waals surface area contributed by atoms with Crippen LogP contribution in [0.1, 0.15) is 24.0 Å². The topological polar surface area (TPSA) is 49.8 Å². The molecule has 98 valence electrons. The van der Waals surface area contributed by atoms with Crippen molar-refractivity contribution in [1.82, 2.24) is 4.90 Å². The van der Waals surface area contributed by atoms with Crippen molar-refractivity contribution in [3.63, 3.8) is 0 Å². The van der Waals surface area contributed by atoms with Crippen LogP contribution < -0.4 is 0 Å². The molecule has 0 saturated carbocycles. The molecular formula is C14H19NO3. The number of benzene rings is 1. The number of methoxy groups -OCH3 is 1. The first-order valence-electron chi connectivity index (χ1n) is 6.24. The van der Waals surface area contributed by atoms with E-state index in [1.165, 1.54) is 0 Å². The minimum absolute atomic E-state index is 0.323. The Hall–Kier alpha value is -1.39. The van der Waals surface area contributed by atoms with Gasteiger partial charge in [0.15, 0.2) is 0 Å². The standard InChI is InChI=1S/C14H19NO3/c1-18-10-12-5-2-4-11(8-12)9-15-7-3-6-13(15)14(16)17/h2,4-5,8,13H,3,6-7,9-10H2,1H3,(H,16,17). The van der Waals surface area contributed by atoms with E-state index in [0.29, 0.717) is 13.2 Å². The zero-order chi connectivity index (χ0) is 13.0. The first-order valence-corrected chi connectivity index (χ1v) is 6.24. The lowest BCUT2D eigenvalue weighted by Crippen LogP contribution is -2.35. The highest BCUT2D eigenvalue weighted by Gasteiger charge is 2.30. The third-order valence-corrected chi connectivity index (χ3v) is 3.34. The van der Waals surface area contributed by atoms with Crippen LogP contribution >= 0.6 is 0 Å². The average molecular weight is 249 g/mol. The SMILES string of the molecule is COCc1cccc(CN2CCCC2C(=O)O)c1. The van der Waals surface area contributed by atoms with Gasteiger partial charge in [0, 0.05) is 13.7 Å². The van der Waals surface area contributed by atoms with Gasteiger partial charge >= 0.3 is 5.97 Å². The van der Waals surface area contributed by atoms with Gasteiger partial charge in [0.1, 0.15) is 6.04 Å². The molecule has 1 heterocycles. The molecule has 0 amide bonds. The maximum absolute atomic E-state index is 11.1. The van der Waals surface area contributed by atoms with E-state index in [1.54, 1.807) is 7.11 Å². The number of carboxylic acids is 1. The Morgan fingerprint density at radius 2 is 2.28 bits per heavy atom. The quantitative estimate of drug-likeness (QED) is 0.865. The highest BCUT2D eigenvalue weighted by atomic mass is 16.5. The van der Waals surface area contributed by atoms with Crippen LogP contribution in [0.2, 0.25) is 0 Å². The summed E-state index contributed by atoms with van der Waals surface area (Å²) in [6, 6.07) is 7.81. The number of carbonyl (C=O) groups is 1. The summed E-state index contributed by atoms with van der Waals surface area (Å²) in [5.41, 5.74) is 2.28. The molecule has 0 spiro atoms. The molecule has 1 saturated heterocycles. The fourth-order valence-corrected chi connectivity index (χ4v) is 2.51. The van der Waals surface area contributed by atoms with Crippen LogP contribution in [0.3, 0.4) is 0 Å². The Kier molecular flexibility index (Phi) is 4.33. The maximum Gasteiger partial charge on any atom is 0.320 e. The van der Waals surface area contributed by atoms with E-state index in [4.69, 9.17) is 9.84 Å². The van der Waals surface area contributed by atoms with Gasteiger partial charge in [-0.3, -0.25) is 9.69 Å². The fraction of sp³-hybridized carbons (Fsp3) is 0.500. The highest BCUT2D eigenvalue weighted by molar-refractivity contribution is 5.73. The molecule has 0 aliphatic carbocycles. The molecule has 1 aromatic rings. The molecule has 1 fully saturated rings. The van der Waals surface area contributed by atoms with Gasteiger partial charge in [-0.05, 0) is 30.5 Å². The van der Waals surface area contributed by atoms with Crippen LogP contribution in [0.15, 0.2) is 24.3 Å². The molecular weight excluding hydrogens is 230 g/mol. The van der Waals surface area contributed by atoms with Gasteiger partial charge in [-0.2, -0.15) is 0 Å². The first kappa shape index (κ1) is 13.1. The molecule has 1 atom stereocenters. The number of hydrogen-bond donors (Lipinski definition) is 1. The third-order valence-electron chi connectivity index (χ3n) is 3.34. The largest absolute Gasteiger partial charge is 0.480 e. The van der Waals surface area contributed by atoms with Gasteiger partial charge in [-0.15, -0.1) is 0 Å². The number of carboxylic acid groups (broad SMARTS) is 1. The van der Waals surface area contributed by atoms with Gasteiger partial charge in [-0.1, -0.05) is 24.3 Å². The van der Waals surface area contributed by atoms with E-state index in [0.717, 1.165) is 30.5 Å². The lowest BCUT2D eigenvalue weighted by Gasteiger charge is -2.21. The van der Waals surface area contributed by atoms with Crippen LogP contribution in [-0.4, -0.2) is 35.7 Å². The molecule has 4 heteroatoms. The van der Waals surface area contributed by atoms with Crippen molar-refractivity contribution < 1.29 is 14.6 Å². The minimum atomic E-state index is -0.708. The Balaban J connectivity index is 2.04. The number of likely N-dealkylation sites (tertiary alicyclic amines) is 1. The monoisotopic (exact) mass is 249 g/mol. The van der Waals surface area contributed by atoms with E-state index in [2.05, 4.69) is 6.07 Å². The predicted octanol–water partition coefficient (Wildman–Crippen LogP) is 1.88. The summed E-state index contributed by atoms with van der Waals surface area (Å²) in [4.78, 5) is 13.1. The summed E-state index contributed by atoms with van der Waals surface area (Å²) in [7, 11) is 1.67. The van der Waals surface area contributed by atoms with Gasteiger partial charge in [0.25, 0.3) is 0 Å². The lowest BCUT2D eigenvalue weighted by atomic mass is 10.1. The second kappa shape index (κ2) is 5.98. The first-order chi connectivity index (χ1) is 8.70. The summed E-state index contributed by atoms with van der Waals surface area (Å²) in [5, 5.41) is 9.14. The van der Waals surface area contributed by atoms with Crippen LogP contribution in [0.4, 0.5) is 0 Å². The summed E-state index contributed by atoms with van der Waals surface area (Å²) >= 11 is 0. The second-order valence-electron chi connectivity index (χ2n) is 4.72. The van der Waals surface area contributed by atoms with E-state index >= 15 is 0 Å². The van der Waals surface area contributed by atoms with Crippen molar-refractivity contribution in [1.29, 1.82) is 0 Å². The van der Waals surface area contributed by atoms with Crippen molar-refractivity contribution in [3.05, 3.63) is 35.4 Å². The van der Waals surface area contributed by atoms with Gasteiger partial charge < -0.3 is 9.84 Å². The van der Waals surface area contributed by atoms with E-state index in [1.807, 2.05) is 23.1 Å².